The quantitative estimate of drug-likeness (QED) is 0.715. The normalized spacial score (nSPS) is 17.9. The maximum Gasteiger partial charge on any atom is 0.303 e. The molecule has 0 spiro atoms. The molecule has 1 aliphatic heterocycles. The van der Waals surface area contributed by atoms with Crippen LogP contribution in [0.15, 0.2) is 0 Å². The van der Waals surface area contributed by atoms with Gasteiger partial charge in [-0.1, -0.05) is 0 Å². The molecule has 0 amide bonds. The topological polar surface area (TPSA) is 83.8 Å². The van der Waals surface area contributed by atoms with Gasteiger partial charge in [-0.3, -0.25) is 9.59 Å². The van der Waals surface area contributed by atoms with E-state index in [1.165, 1.54) is 0 Å². The van der Waals surface area contributed by atoms with Crippen molar-refractivity contribution in [3.63, 3.8) is 0 Å². The van der Waals surface area contributed by atoms with Crippen molar-refractivity contribution in [2.45, 2.75) is 25.7 Å². The zero-order valence-corrected chi connectivity index (χ0v) is 8.52. The monoisotopic (exact) mass is 216 g/mol. The molecule has 0 bridgehead atoms. The average molecular weight is 216 g/mol. The molecule has 5 nitrogen and oxygen atoms in total. The van der Waals surface area contributed by atoms with Crippen LogP contribution in [-0.4, -0.2) is 35.4 Å². The van der Waals surface area contributed by atoms with Crippen LogP contribution < -0.4 is 0 Å². The third kappa shape index (κ3) is 4.29. The van der Waals surface area contributed by atoms with Crippen molar-refractivity contribution in [3.8, 4) is 0 Å². The van der Waals surface area contributed by atoms with Crippen LogP contribution in [0.25, 0.3) is 0 Å². The van der Waals surface area contributed by atoms with E-state index in [0.29, 0.717) is 13.2 Å². The molecule has 0 saturated carbocycles. The first-order valence-corrected chi connectivity index (χ1v) is 5.11. The van der Waals surface area contributed by atoms with E-state index in [1.54, 1.807) is 0 Å². The van der Waals surface area contributed by atoms with Crippen LogP contribution in [0, 0.1) is 11.8 Å². The van der Waals surface area contributed by atoms with Crippen LogP contribution in [-0.2, 0) is 14.3 Å². The van der Waals surface area contributed by atoms with Gasteiger partial charge in [0.1, 0.15) is 0 Å². The van der Waals surface area contributed by atoms with E-state index < -0.39 is 11.9 Å². The summed E-state index contributed by atoms with van der Waals surface area (Å²) in [5, 5.41) is 17.4. The van der Waals surface area contributed by atoms with Gasteiger partial charge in [0.15, 0.2) is 0 Å². The first-order chi connectivity index (χ1) is 7.09. The summed E-state index contributed by atoms with van der Waals surface area (Å²) in [6.45, 7) is 1.22. The van der Waals surface area contributed by atoms with E-state index in [1.807, 2.05) is 0 Å². The third-order valence-corrected chi connectivity index (χ3v) is 2.81. The van der Waals surface area contributed by atoms with Gasteiger partial charge in [0.05, 0.1) is 0 Å². The van der Waals surface area contributed by atoms with E-state index in [4.69, 9.17) is 14.9 Å². The van der Waals surface area contributed by atoms with E-state index in [2.05, 4.69) is 0 Å². The third-order valence-electron chi connectivity index (χ3n) is 2.81. The first kappa shape index (κ1) is 12.0. The molecule has 2 N–H and O–H groups in total. The summed E-state index contributed by atoms with van der Waals surface area (Å²) in [7, 11) is 0. The fourth-order valence-corrected chi connectivity index (χ4v) is 2.04. The number of carboxylic acids is 2. The summed E-state index contributed by atoms with van der Waals surface area (Å²) in [6.07, 6.45) is 1.42. The Labute approximate surface area is 88.0 Å². The Morgan fingerprint density at radius 1 is 1.13 bits per heavy atom. The molecule has 5 heteroatoms. The summed E-state index contributed by atoms with van der Waals surface area (Å²) in [5.74, 6) is -1.93. The Hall–Kier alpha value is -1.10. The second kappa shape index (κ2) is 5.70. The van der Waals surface area contributed by atoms with Gasteiger partial charge in [0, 0.05) is 26.1 Å². The predicted molar refractivity (Wildman–Crippen MR) is 51.5 cm³/mol. The zero-order valence-electron chi connectivity index (χ0n) is 8.52. The molecule has 0 atom stereocenters. The number of aliphatic carboxylic acids is 2. The Kier molecular flexibility index (Phi) is 4.55. The molecule has 1 saturated heterocycles. The molecule has 1 fully saturated rings. The van der Waals surface area contributed by atoms with E-state index in [-0.39, 0.29) is 24.7 Å². The fraction of sp³-hybridized carbons (Fsp3) is 0.800. The highest BCUT2D eigenvalue weighted by molar-refractivity contribution is 5.70. The van der Waals surface area contributed by atoms with Gasteiger partial charge in [0.2, 0.25) is 0 Å². The SMILES string of the molecule is O=C(O)CC(CC(=O)O)C1CCOCC1. The van der Waals surface area contributed by atoms with Crippen LogP contribution in [0.5, 0.6) is 0 Å². The molecule has 1 rings (SSSR count). The minimum absolute atomic E-state index is 0.0586. The van der Waals surface area contributed by atoms with Crippen LogP contribution in [0.1, 0.15) is 25.7 Å². The lowest BCUT2D eigenvalue weighted by Gasteiger charge is -2.28. The average Bonchev–Trinajstić information content (AvgIpc) is 2.17. The van der Waals surface area contributed by atoms with E-state index >= 15 is 0 Å². The van der Waals surface area contributed by atoms with Crippen molar-refractivity contribution in [3.05, 3.63) is 0 Å². The molecular weight excluding hydrogens is 200 g/mol. The maximum absolute atomic E-state index is 10.6. The Morgan fingerprint density at radius 2 is 1.60 bits per heavy atom. The number of ether oxygens (including phenoxy) is 1. The molecule has 0 aromatic rings. The van der Waals surface area contributed by atoms with E-state index in [9.17, 15) is 9.59 Å². The molecule has 0 unspecified atom stereocenters. The number of hydrogen-bond acceptors (Lipinski definition) is 3. The molecular formula is C10H16O5. The Morgan fingerprint density at radius 3 is 2.00 bits per heavy atom. The summed E-state index contributed by atoms with van der Waals surface area (Å²) < 4.78 is 5.16. The molecule has 15 heavy (non-hydrogen) atoms. The molecule has 1 aliphatic rings. The highest BCUT2D eigenvalue weighted by Gasteiger charge is 2.27. The maximum atomic E-state index is 10.6. The van der Waals surface area contributed by atoms with Gasteiger partial charge in [0.25, 0.3) is 0 Å². The van der Waals surface area contributed by atoms with Crippen molar-refractivity contribution in [2.24, 2.45) is 11.8 Å². The van der Waals surface area contributed by atoms with Gasteiger partial charge in [-0.05, 0) is 24.7 Å². The Bertz CT molecular complexity index is 216. The minimum Gasteiger partial charge on any atom is -0.481 e. The number of carbonyl (C=O) groups is 2. The van der Waals surface area contributed by atoms with Crippen molar-refractivity contribution < 1.29 is 24.5 Å². The second-order valence-electron chi connectivity index (χ2n) is 3.91. The first-order valence-electron chi connectivity index (χ1n) is 5.11. The molecule has 86 valence electrons. The van der Waals surface area contributed by atoms with Crippen molar-refractivity contribution >= 4 is 11.9 Å². The number of carboxylic acid groups (broad SMARTS) is 2. The van der Waals surface area contributed by atoms with E-state index in [0.717, 1.165) is 12.8 Å². The summed E-state index contributed by atoms with van der Waals surface area (Å²) in [4.78, 5) is 21.2. The van der Waals surface area contributed by atoms with Crippen LogP contribution in [0.4, 0.5) is 0 Å². The lowest BCUT2D eigenvalue weighted by atomic mass is 9.82. The van der Waals surface area contributed by atoms with Gasteiger partial charge in [-0.25, -0.2) is 0 Å². The summed E-state index contributed by atoms with van der Waals surface area (Å²) >= 11 is 0. The second-order valence-corrected chi connectivity index (χ2v) is 3.91. The van der Waals surface area contributed by atoms with Crippen molar-refractivity contribution in [2.75, 3.05) is 13.2 Å². The molecule has 0 radical (unpaired) electrons. The molecule has 1 heterocycles. The fourth-order valence-electron chi connectivity index (χ4n) is 2.04. The largest absolute Gasteiger partial charge is 0.481 e. The Balaban J connectivity index is 2.52. The standard InChI is InChI=1S/C10H16O5/c11-9(12)5-8(6-10(13)14)7-1-3-15-4-2-7/h7-8H,1-6H2,(H,11,12)(H,13,14). The number of hydrogen-bond donors (Lipinski definition) is 2. The molecule has 0 aromatic heterocycles. The minimum atomic E-state index is -0.923. The van der Waals surface area contributed by atoms with Gasteiger partial charge in [-0.2, -0.15) is 0 Å². The number of rotatable bonds is 5. The highest BCUT2D eigenvalue weighted by atomic mass is 16.5. The lowest BCUT2D eigenvalue weighted by molar-refractivity contribution is -0.142. The van der Waals surface area contributed by atoms with Crippen LogP contribution in [0.3, 0.4) is 0 Å². The lowest BCUT2D eigenvalue weighted by Crippen LogP contribution is -2.27. The molecule has 0 aliphatic carbocycles. The van der Waals surface area contributed by atoms with Gasteiger partial charge < -0.3 is 14.9 Å². The smallest absolute Gasteiger partial charge is 0.303 e. The van der Waals surface area contributed by atoms with Crippen molar-refractivity contribution in [1.82, 2.24) is 0 Å². The zero-order chi connectivity index (χ0) is 11.3. The van der Waals surface area contributed by atoms with Crippen LogP contribution in [0.2, 0.25) is 0 Å². The highest BCUT2D eigenvalue weighted by Crippen LogP contribution is 2.28. The predicted octanol–water partition coefficient (Wildman–Crippen LogP) is 0.979. The van der Waals surface area contributed by atoms with Gasteiger partial charge >= 0.3 is 11.9 Å². The summed E-state index contributed by atoms with van der Waals surface area (Å²) in [6, 6.07) is 0. The van der Waals surface area contributed by atoms with Crippen molar-refractivity contribution in [1.29, 1.82) is 0 Å². The molecule has 0 aromatic carbocycles. The van der Waals surface area contributed by atoms with Gasteiger partial charge in [-0.15, -0.1) is 0 Å². The summed E-state index contributed by atoms with van der Waals surface area (Å²) in [5.41, 5.74) is 0. The van der Waals surface area contributed by atoms with Crippen LogP contribution >= 0.6 is 0 Å².